The van der Waals surface area contributed by atoms with Gasteiger partial charge in [0.2, 0.25) is 15.9 Å². The Bertz CT molecular complexity index is 1170. The molecule has 5 rings (SSSR count). The Morgan fingerprint density at radius 3 is 2.53 bits per heavy atom. The maximum Gasteiger partial charge on any atom is 0.240 e. The first-order valence-electron chi connectivity index (χ1n) is 12.5. The molecule has 0 spiro atoms. The van der Waals surface area contributed by atoms with Gasteiger partial charge in [-0.3, -0.25) is 9.69 Å². The molecular formula is C27H35N3O3S. The summed E-state index contributed by atoms with van der Waals surface area (Å²) in [5.41, 5.74) is 4.45. The fraction of sp³-hybridized carbons (Fsp3) is 0.519. The molecule has 1 aliphatic carbocycles. The lowest BCUT2D eigenvalue weighted by atomic mass is 9.97. The van der Waals surface area contributed by atoms with Crippen molar-refractivity contribution in [2.45, 2.75) is 63.4 Å². The molecule has 182 valence electrons. The number of likely N-dealkylation sites (tertiary alicyclic amines) is 1. The van der Waals surface area contributed by atoms with E-state index in [1.54, 1.807) is 12.1 Å². The quantitative estimate of drug-likeness (QED) is 0.652. The van der Waals surface area contributed by atoms with Gasteiger partial charge < -0.3 is 4.90 Å². The second kappa shape index (κ2) is 9.44. The number of nitrogens with one attached hydrogen (secondary N) is 1. The highest BCUT2D eigenvalue weighted by Gasteiger charge is 2.39. The van der Waals surface area contributed by atoms with Crippen LogP contribution in [0.3, 0.4) is 0 Å². The highest BCUT2D eigenvalue weighted by atomic mass is 32.2. The summed E-state index contributed by atoms with van der Waals surface area (Å²) in [6, 6.07) is 13.9. The van der Waals surface area contributed by atoms with Crippen molar-refractivity contribution >= 4 is 21.6 Å². The fourth-order valence-corrected chi connectivity index (χ4v) is 6.53. The van der Waals surface area contributed by atoms with Crippen LogP contribution in [0, 0.1) is 18.8 Å². The maximum absolute atomic E-state index is 13.0. The third-order valence-corrected chi connectivity index (χ3v) is 8.92. The van der Waals surface area contributed by atoms with Crippen molar-refractivity contribution in [3.8, 4) is 0 Å². The topological polar surface area (TPSA) is 69.7 Å². The smallest absolute Gasteiger partial charge is 0.240 e. The van der Waals surface area contributed by atoms with Crippen molar-refractivity contribution in [1.82, 2.24) is 9.62 Å². The Morgan fingerprint density at radius 1 is 1.06 bits per heavy atom. The zero-order valence-electron chi connectivity index (χ0n) is 20.2. The third kappa shape index (κ3) is 5.07. The number of sulfonamides is 1. The summed E-state index contributed by atoms with van der Waals surface area (Å²) in [5, 5.41) is 0. The zero-order valence-corrected chi connectivity index (χ0v) is 21.0. The van der Waals surface area contributed by atoms with Crippen LogP contribution < -0.4 is 9.62 Å². The average molecular weight is 482 g/mol. The van der Waals surface area contributed by atoms with Crippen molar-refractivity contribution in [2.24, 2.45) is 11.8 Å². The Balaban J connectivity index is 1.16. The monoisotopic (exact) mass is 481 g/mol. The molecule has 1 saturated carbocycles. The fourth-order valence-electron chi connectivity index (χ4n) is 5.37. The van der Waals surface area contributed by atoms with Gasteiger partial charge in [0.1, 0.15) is 0 Å². The molecule has 1 atom stereocenters. The van der Waals surface area contributed by atoms with Gasteiger partial charge in [-0.1, -0.05) is 29.8 Å². The predicted molar refractivity (Wildman–Crippen MR) is 134 cm³/mol. The van der Waals surface area contributed by atoms with Gasteiger partial charge in [-0.25, -0.2) is 13.1 Å². The molecular weight excluding hydrogens is 446 g/mol. The number of nitrogens with zero attached hydrogens (tertiary/aromatic N) is 2. The number of aryl methyl sites for hydroxylation is 1. The summed E-state index contributed by atoms with van der Waals surface area (Å²) in [4.78, 5) is 17.3. The molecule has 1 N–H and O–H groups in total. The van der Waals surface area contributed by atoms with Crippen molar-refractivity contribution < 1.29 is 13.2 Å². The van der Waals surface area contributed by atoms with E-state index in [2.05, 4.69) is 40.8 Å². The number of amides is 1. The van der Waals surface area contributed by atoms with E-state index in [4.69, 9.17) is 0 Å². The van der Waals surface area contributed by atoms with Gasteiger partial charge in [0.05, 0.1) is 4.90 Å². The number of anilines is 1. The van der Waals surface area contributed by atoms with Gasteiger partial charge >= 0.3 is 0 Å². The van der Waals surface area contributed by atoms with E-state index in [1.165, 1.54) is 11.1 Å². The van der Waals surface area contributed by atoms with Crippen LogP contribution in [0.1, 0.15) is 49.3 Å². The number of carbonyl (C=O) groups is 1. The molecule has 2 aromatic carbocycles. The zero-order chi connectivity index (χ0) is 23.9. The minimum atomic E-state index is -3.57. The van der Waals surface area contributed by atoms with E-state index in [1.807, 2.05) is 17.9 Å². The summed E-state index contributed by atoms with van der Waals surface area (Å²) in [6.45, 7) is 7.56. The van der Waals surface area contributed by atoms with Crippen molar-refractivity contribution in [3.05, 3.63) is 59.2 Å². The van der Waals surface area contributed by atoms with E-state index in [9.17, 15) is 13.2 Å². The Kier molecular flexibility index (Phi) is 6.53. The van der Waals surface area contributed by atoms with Crippen molar-refractivity contribution in [2.75, 3.05) is 24.5 Å². The average Bonchev–Trinajstić information content (AvgIpc) is 3.60. The molecule has 6 nitrogen and oxygen atoms in total. The molecule has 2 aliphatic heterocycles. The molecule has 1 saturated heterocycles. The van der Waals surface area contributed by atoms with Gasteiger partial charge in [0.25, 0.3) is 0 Å². The number of fused-ring (bicyclic) bond motifs is 1. The molecule has 1 amide bonds. The lowest BCUT2D eigenvalue weighted by molar-refractivity contribution is -0.120. The number of hydrogen-bond acceptors (Lipinski definition) is 4. The van der Waals surface area contributed by atoms with Crippen LogP contribution >= 0.6 is 0 Å². The lowest BCUT2D eigenvalue weighted by Crippen LogP contribution is -2.38. The van der Waals surface area contributed by atoms with E-state index in [0.29, 0.717) is 23.8 Å². The predicted octanol–water partition coefficient (Wildman–Crippen LogP) is 3.87. The molecule has 0 aromatic heterocycles. The van der Waals surface area contributed by atoms with Crippen LogP contribution in [0.4, 0.5) is 5.69 Å². The molecule has 0 unspecified atom stereocenters. The molecule has 7 heteroatoms. The summed E-state index contributed by atoms with van der Waals surface area (Å²) in [5.74, 6) is 0.695. The number of hydrogen-bond donors (Lipinski definition) is 1. The largest absolute Gasteiger partial charge is 0.309 e. The normalized spacial score (nSPS) is 21.6. The number of carbonyl (C=O) groups excluding carboxylic acids is 1. The molecule has 34 heavy (non-hydrogen) atoms. The second-order valence-corrected chi connectivity index (χ2v) is 12.2. The SMILES string of the molecule is Cc1cccc(CN2CCC(CNS(=O)(=O)c3ccc4c(c3)C[C@@H](C)N4C(=O)C3CC3)CC2)c1. The van der Waals surface area contributed by atoms with Crippen LogP contribution in [-0.4, -0.2) is 44.9 Å². The first-order valence-corrected chi connectivity index (χ1v) is 14.0. The van der Waals surface area contributed by atoms with Crippen LogP contribution in [-0.2, 0) is 27.8 Å². The van der Waals surface area contributed by atoms with Crippen LogP contribution in [0.15, 0.2) is 47.4 Å². The van der Waals surface area contributed by atoms with Gasteiger partial charge in [0.15, 0.2) is 0 Å². The maximum atomic E-state index is 13.0. The number of piperidine rings is 1. The van der Waals surface area contributed by atoms with Crippen molar-refractivity contribution in [3.63, 3.8) is 0 Å². The molecule has 0 radical (unpaired) electrons. The highest BCUT2D eigenvalue weighted by molar-refractivity contribution is 7.89. The first kappa shape index (κ1) is 23.5. The molecule has 0 bridgehead atoms. The molecule has 2 aromatic rings. The molecule has 3 aliphatic rings. The van der Waals surface area contributed by atoms with Gasteiger partial charge in [-0.05, 0) is 94.3 Å². The van der Waals surface area contributed by atoms with Gasteiger partial charge in [-0.15, -0.1) is 0 Å². The van der Waals surface area contributed by atoms with Gasteiger partial charge in [0, 0.05) is 30.7 Å². The second-order valence-electron chi connectivity index (χ2n) is 10.4. The van der Waals surface area contributed by atoms with Crippen LogP contribution in [0.2, 0.25) is 0 Å². The van der Waals surface area contributed by atoms with E-state index >= 15 is 0 Å². The first-order chi connectivity index (χ1) is 16.3. The highest BCUT2D eigenvalue weighted by Crippen LogP contribution is 2.39. The van der Waals surface area contributed by atoms with E-state index in [0.717, 1.165) is 56.6 Å². The van der Waals surface area contributed by atoms with Crippen molar-refractivity contribution in [1.29, 1.82) is 0 Å². The molecule has 2 fully saturated rings. The Hall–Kier alpha value is -2.22. The summed E-state index contributed by atoms with van der Waals surface area (Å²) in [7, 11) is -3.57. The Labute approximate surface area is 203 Å². The van der Waals surface area contributed by atoms with Crippen LogP contribution in [0.25, 0.3) is 0 Å². The number of benzene rings is 2. The Morgan fingerprint density at radius 2 is 1.82 bits per heavy atom. The summed E-state index contributed by atoms with van der Waals surface area (Å²) < 4.78 is 28.9. The van der Waals surface area contributed by atoms with E-state index < -0.39 is 10.0 Å². The molecule has 2 heterocycles. The minimum absolute atomic E-state index is 0.0824. The summed E-state index contributed by atoms with van der Waals surface area (Å²) in [6.07, 6.45) is 4.64. The number of rotatable bonds is 7. The standard InChI is InChI=1S/C27H35N3O3S/c1-19-4-3-5-22(14-19)18-29-12-10-21(11-13-29)17-28-34(32,33)25-8-9-26-24(16-25)15-20(2)30(26)27(31)23-6-7-23/h3-5,8-9,14,16,20-21,23,28H,6-7,10-13,15,17-18H2,1-2H3/t20-/m1/s1. The third-order valence-electron chi connectivity index (χ3n) is 7.50. The lowest BCUT2D eigenvalue weighted by Gasteiger charge is -2.32. The minimum Gasteiger partial charge on any atom is -0.309 e. The van der Waals surface area contributed by atoms with E-state index in [-0.39, 0.29) is 17.9 Å². The van der Waals surface area contributed by atoms with Gasteiger partial charge in [-0.2, -0.15) is 0 Å². The van der Waals surface area contributed by atoms with Crippen LogP contribution in [0.5, 0.6) is 0 Å². The summed E-state index contributed by atoms with van der Waals surface area (Å²) >= 11 is 0.